The first kappa shape index (κ1) is 14.8. The third kappa shape index (κ3) is 5.40. The number of rotatable bonds is 2. The Balaban J connectivity index is 0.000000180. The van der Waals surface area contributed by atoms with Crippen LogP contribution in [0.1, 0.15) is 17.3 Å². The van der Waals surface area contributed by atoms with Crippen LogP contribution >= 0.6 is 11.6 Å². The molecule has 0 amide bonds. The Labute approximate surface area is 112 Å². The minimum absolute atomic E-state index is 0.0544. The van der Waals surface area contributed by atoms with Crippen molar-refractivity contribution in [1.29, 1.82) is 0 Å². The van der Waals surface area contributed by atoms with Gasteiger partial charge in [-0.1, -0.05) is 30.3 Å². The van der Waals surface area contributed by atoms with Gasteiger partial charge in [-0.25, -0.2) is 0 Å². The summed E-state index contributed by atoms with van der Waals surface area (Å²) in [6.45, 7) is 4.29. The van der Waals surface area contributed by atoms with Crippen LogP contribution in [0.2, 0.25) is 0 Å². The van der Waals surface area contributed by atoms with Crippen molar-refractivity contribution in [3.63, 3.8) is 0 Å². The molecule has 1 atom stereocenters. The number of ketones is 1. The first-order chi connectivity index (χ1) is 8.61. The number of benzene rings is 1. The van der Waals surface area contributed by atoms with E-state index in [1.165, 1.54) is 0 Å². The molecule has 1 aromatic carbocycles. The maximum Gasteiger partial charge on any atom is 0.252 e. The molecule has 0 aliphatic carbocycles. The zero-order chi connectivity index (χ0) is 13.4. The molecule has 1 aliphatic heterocycles. The molecule has 1 heterocycles. The standard InChI is InChI=1S/C7H5ClO.C6H12N2O/c8-7(9)6-4-2-1-3-5-6;1-5(9)6-4-7-2-3-8-6/h1-5H;6-8H,2-4H2,1H3. The highest BCUT2D eigenvalue weighted by atomic mass is 35.5. The number of nitrogens with one attached hydrogen (secondary N) is 2. The average Bonchev–Trinajstić information content (AvgIpc) is 2.41. The molecule has 0 radical (unpaired) electrons. The zero-order valence-corrected chi connectivity index (χ0v) is 11.0. The predicted molar refractivity (Wildman–Crippen MR) is 72.0 cm³/mol. The lowest BCUT2D eigenvalue weighted by atomic mass is 10.2. The molecule has 1 aliphatic rings. The second-order valence-corrected chi connectivity index (χ2v) is 4.30. The molecular weight excluding hydrogens is 252 g/mol. The number of Topliss-reactive ketones (excluding diaryl/α,β-unsaturated/α-hetero) is 1. The lowest BCUT2D eigenvalue weighted by Gasteiger charge is -2.21. The van der Waals surface area contributed by atoms with Crippen molar-refractivity contribution in [2.45, 2.75) is 13.0 Å². The van der Waals surface area contributed by atoms with E-state index < -0.39 is 5.24 Å². The van der Waals surface area contributed by atoms with Crippen LogP contribution in [0.25, 0.3) is 0 Å². The van der Waals surface area contributed by atoms with Crippen molar-refractivity contribution in [1.82, 2.24) is 10.6 Å². The Hall–Kier alpha value is -1.23. The molecular formula is C13H17ClN2O2. The molecule has 1 fully saturated rings. The van der Waals surface area contributed by atoms with Gasteiger partial charge in [-0.2, -0.15) is 0 Å². The Morgan fingerprint density at radius 1 is 1.22 bits per heavy atom. The van der Waals surface area contributed by atoms with Gasteiger partial charge in [0.2, 0.25) is 0 Å². The summed E-state index contributed by atoms with van der Waals surface area (Å²) in [5, 5.41) is 5.83. The van der Waals surface area contributed by atoms with Gasteiger partial charge in [-0.3, -0.25) is 9.59 Å². The van der Waals surface area contributed by atoms with Crippen LogP contribution in [0.3, 0.4) is 0 Å². The summed E-state index contributed by atoms with van der Waals surface area (Å²) >= 11 is 5.16. The fraction of sp³-hybridized carbons (Fsp3) is 0.385. The molecule has 1 saturated heterocycles. The number of carbonyl (C=O) groups is 2. The Morgan fingerprint density at radius 2 is 1.89 bits per heavy atom. The van der Waals surface area contributed by atoms with Gasteiger partial charge < -0.3 is 10.6 Å². The van der Waals surface area contributed by atoms with E-state index in [-0.39, 0.29) is 11.8 Å². The quantitative estimate of drug-likeness (QED) is 0.792. The number of hydrogen-bond donors (Lipinski definition) is 2. The van der Waals surface area contributed by atoms with E-state index in [1.54, 1.807) is 31.2 Å². The SMILES string of the molecule is CC(=O)C1CNCCN1.O=C(Cl)c1ccccc1. The molecule has 0 bridgehead atoms. The van der Waals surface area contributed by atoms with Crippen LogP contribution in [-0.4, -0.2) is 36.7 Å². The first-order valence-corrected chi connectivity index (χ1v) is 6.18. The molecule has 0 aromatic heterocycles. The predicted octanol–water partition coefficient (Wildman–Crippen LogP) is 1.20. The second kappa shape index (κ2) is 7.97. The third-order valence-electron chi connectivity index (χ3n) is 2.53. The van der Waals surface area contributed by atoms with Gasteiger partial charge in [0, 0.05) is 25.2 Å². The molecule has 4 nitrogen and oxygen atoms in total. The second-order valence-electron chi connectivity index (χ2n) is 3.96. The topological polar surface area (TPSA) is 58.2 Å². The van der Waals surface area contributed by atoms with Gasteiger partial charge in [-0.15, -0.1) is 0 Å². The van der Waals surface area contributed by atoms with Crippen molar-refractivity contribution < 1.29 is 9.59 Å². The highest BCUT2D eigenvalue weighted by Crippen LogP contribution is 2.01. The van der Waals surface area contributed by atoms with Crippen molar-refractivity contribution >= 4 is 22.6 Å². The van der Waals surface area contributed by atoms with Gasteiger partial charge >= 0.3 is 0 Å². The molecule has 18 heavy (non-hydrogen) atoms. The normalized spacial score (nSPS) is 18.4. The van der Waals surface area contributed by atoms with Crippen molar-refractivity contribution in [3.8, 4) is 0 Å². The first-order valence-electron chi connectivity index (χ1n) is 5.80. The van der Waals surface area contributed by atoms with E-state index in [0.29, 0.717) is 5.56 Å². The van der Waals surface area contributed by atoms with Crippen LogP contribution in [0.4, 0.5) is 0 Å². The summed E-state index contributed by atoms with van der Waals surface area (Å²) < 4.78 is 0. The molecule has 5 heteroatoms. The summed E-state index contributed by atoms with van der Waals surface area (Å²) in [6.07, 6.45) is 0. The summed E-state index contributed by atoms with van der Waals surface area (Å²) in [6, 6.07) is 8.79. The summed E-state index contributed by atoms with van der Waals surface area (Å²) in [4.78, 5) is 21.1. The van der Waals surface area contributed by atoms with Gasteiger partial charge in [0.05, 0.1) is 6.04 Å². The summed E-state index contributed by atoms with van der Waals surface area (Å²) in [5.41, 5.74) is 0.541. The van der Waals surface area contributed by atoms with Crippen molar-refractivity contribution in [2.75, 3.05) is 19.6 Å². The highest BCUT2D eigenvalue weighted by Gasteiger charge is 2.15. The fourth-order valence-electron chi connectivity index (χ4n) is 1.51. The van der Waals surface area contributed by atoms with Gasteiger partial charge in [0.15, 0.2) is 0 Å². The Morgan fingerprint density at radius 3 is 2.22 bits per heavy atom. The van der Waals surface area contributed by atoms with Crippen molar-refractivity contribution in [2.24, 2.45) is 0 Å². The van der Waals surface area contributed by atoms with E-state index in [2.05, 4.69) is 10.6 Å². The largest absolute Gasteiger partial charge is 0.313 e. The minimum atomic E-state index is -0.407. The summed E-state index contributed by atoms with van der Waals surface area (Å²) in [5.74, 6) is 0.224. The smallest absolute Gasteiger partial charge is 0.252 e. The molecule has 2 rings (SSSR count). The van der Waals surface area contributed by atoms with E-state index in [1.807, 2.05) is 6.07 Å². The van der Waals surface area contributed by atoms with Gasteiger partial charge in [0.25, 0.3) is 5.24 Å². The maximum atomic E-state index is 10.7. The van der Waals surface area contributed by atoms with Crippen molar-refractivity contribution in [3.05, 3.63) is 35.9 Å². The van der Waals surface area contributed by atoms with E-state index in [4.69, 9.17) is 11.6 Å². The minimum Gasteiger partial charge on any atom is -0.313 e. The third-order valence-corrected chi connectivity index (χ3v) is 2.75. The van der Waals surface area contributed by atoms with Crippen LogP contribution < -0.4 is 10.6 Å². The Kier molecular flexibility index (Phi) is 6.57. The molecule has 2 N–H and O–H groups in total. The number of hydrogen-bond acceptors (Lipinski definition) is 4. The summed E-state index contributed by atoms with van der Waals surface area (Å²) in [7, 11) is 0. The molecule has 1 aromatic rings. The fourth-order valence-corrected chi connectivity index (χ4v) is 1.64. The molecule has 0 spiro atoms. The molecule has 0 saturated carbocycles. The van der Waals surface area contributed by atoms with E-state index >= 15 is 0 Å². The highest BCUT2D eigenvalue weighted by molar-refractivity contribution is 6.67. The lowest BCUT2D eigenvalue weighted by molar-refractivity contribution is -0.119. The lowest BCUT2D eigenvalue weighted by Crippen LogP contribution is -2.51. The zero-order valence-electron chi connectivity index (χ0n) is 10.3. The molecule has 98 valence electrons. The molecule has 1 unspecified atom stereocenters. The van der Waals surface area contributed by atoms with Crippen LogP contribution in [0, 0.1) is 0 Å². The number of carbonyl (C=O) groups excluding carboxylic acids is 2. The van der Waals surface area contributed by atoms with Crippen LogP contribution in [-0.2, 0) is 4.79 Å². The average molecular weight is 269 g/mol. The number of piperazine rings is 1. The Bertz CT molecular complexity index is 389. The van der Waals surface area contributed by atoms with Gasteiger partial charge in [-0.05, 0) is 18.5 Å². The van der Waals surface area contributed by atoms with Crippen LogP contribution in [0.5, 0.6) is 0 Å². The van der Waals surface area contributed by atoms with Gasteiger partial charge in [0.1, 0.15) is 5.78 Å². The van der Waals surface area contributed by atoms with E-state index in [0.717, 1.165) is 19.6 Å². The maximum absolute atomic E-state index is 10.7. The van der Waals surface area contributed by atoms with E-state index in [9.17, 15) is 9.59 Å². The number of halogens is 1. The monoisotopic (exact) mass is 268 g/mol. The van der Waals surface area contributed by atoms with Crippen LogP contribution in [0.15, 0.2) is 30.3 Å².